The maximum atomic E-state index is 15.7. The van der Waals surface area contributed by atoms with E-state index in [0.29, 0.717) is 56.9 Å². The van der Waals surface area contributed by atoms with Crippen molar-refractivity contribution in [3.63, 3.8) is 0 Å². The van der Waals surface area contributed by atoms with E-state index in [9.17, 15) is 13.2 Å². The molecular formula is C34H33F6N. The van der Waals surface area contributed by atoms with Crippen molar-refractivity contribution in [1.29, 1.82) is 5.26 Å². The molecule has 0 aromatic heterocycles. The van der Waals surface area contributed by atoms with Crippen molar-refractivity contribution < 1.29 is 26.3 Å². The monoisotopic (exact) mass is 569 g/mol. The van der Waals surface area contributed by atoms with Crippen LogP contribution in [0, 0.1) is 52.2 Å². The Balaban J connectivity index is 1.28. The highest BCUT2D eigenvalue weighted by Crippen LogP contribution is 2.45. The van der Waals surface area contributed by atoms with Crippen molar-refractivity contribution >= 4 is 0 Å². The largest absolute Gasteiger partial charge is 0.207 e. The highest BCUT2D eigenvalue weighted by molar-refractivity contribution is 5.41. The van der Waals surface area contributed by atoms with Gasteiger partial charge in [-0.1, -0.05) is 31.5 Å². The Morgan fingerprint density at radius 2 is 1.49 bits per heavy atom. The fourth-order valence-corrected chi connectivity index (χ4v) is 6.85. The number of aryl methyl sites for hydroxylation is 2. The molecule has 0 saturated heterocycles. The molecule has 1 fully saturated rings. The van der Waals surface area contributed by atoms with Crippen LogP contribution in [0.5, 0.6) is 0 Å². The Morgan fingerprint density at radius 3 is 2.17 bits per heavy atom. The molecule has 0 bridgehead atoms. The lowest BCUT2D eigenvalue weighted by molar-refractivity contribution is 0.348. The zero-order valence-electron chi connectivity index (χ0n) is 23.1. The molecule has 0 spiro atoms. The second kappa shape index (κ2) is 12.3. The number of hydrogen-bond donors (Lipinski definition) is 0. The molecule has 0 heterocycles. The van der Waals surface area contributed by atoms with Crippen molar-refractivity contribution in [2.75, 3.05) is 0 Å². The lowest BCUT2D eigenvalue weighted by Crippen LogP contribution is -2.23. The zero-order chi connectivity index (χ0) is 29.3. The predicted octanol–water partition coefficient (Wildman–Crippen LogP) is 9.52. The van der Waals surface area contributed by atoms with Gasteiger partial charge in [0.15, 0.2) is 23.3 Å². The van der Waals surface area contributed by atoms with Crippen LogP contribution in [0.2, 0.25) is 0 Å². The van der Waals surface area contributed by atoms with Crippen LogP contribution >= 0.6 is 0 Å². The molecule has 1 nitrogen and oxygen atoms in total. The molecule has 1 atom stereocenters. The molecule has 0 radical (unpaired) electrons. The van der Waals surface area contributed by atoms with Crippen LogP contribution in [-0.2, 0) is 25.7 Å². The molecule has 2 aliphatic carbocycles. The molecule has 1 saturated carbocycles. The smallest absolute Gasteiger partial charge is 0.176 e. The third-order valence-electron chi connectivity index (χ3n) is 9.14. The quantitative estimate of drug-likeness (QED) is 0.205. The van der Waals surface area contributed by atoms with E-state index in [2.05, 4.69) is 0 Å². The summed E-state index contributed by atoms with van der Waals surface area (Å²) < 4.78 is 89.7. The predicted molar refractivity (Wildman–Crippen MR) is 146 cm³/mol. The van der Waals surface area contributed by atoms with Crippen LogP contribution in [-0.4, -0.2) is 0 Å². The summed E-state index contributed by atoms with van der Waals surface area (Å²) >= 11 is 0. The molecule has 3 aromatic rings. The zero-order valence-corrected chi connectivity index (χ0v) is 23.1. The number of halogens is 6. The Labute approximate surface area is 237 Å². The lowest BCUT2D eigenvalue weighted by atomic mass is 9.73. The first-order chi connectivity index (χ1) is 19.7. The van der Waals surface area contributed by atoms with Crippen LogP contribution in [0.25, 0.3) is 0 Å². The van der Waals surface area contributed by atoms with Crippen LogP contribution in [0.3, 0.4) is 0 Å². The van der Waals surface area contributed by atoms with Gasteiger partial charge >= 0.3 is 0 Å². The van der Waals surface area contributed by atoms with E-state index in [4.69, 9.17) is 5.26 Å². The third kappa shape index (κ3) is 5.76. The summed E-state index contributed by atoms with van der Waals surface area (Å²) in [6.07, 6.45) is 5.28. The van der Waals surface area contributed by atoms with Gasteiger partial charge in [-0.2, -0.15) is 5.26 Å². The summed E-state index contributed by atoms with van der Waals surface area (Å²) in [5.74, 6) is -6.25. The second-order valence-corrected chi connectivity index (χ2v) is 11.6. The van der Waals surface area contributed by atoms with Crippen molar-refractivity contribution in [3.8, 4) is 6.07 Å². The average molecular weight is 570 g/mol. The summed E-state index contributed by atoms with van der Waals surface area (Å²) in [4.78, 5) is 0. The molecule has 0 amide bonds. The topological polar surface area (TPSA) is 23.8 Å². The van der Waals surface area contributed by atoms with Gasteiger partial charge in [-0.15, -0.1) is 0 Å². The van der Waals surface area contributed by atoms with E-state index >= 15 is 13.2 Å². The molecule has 1 unspecified atom stereocenters. The fourth-order valence-electron chi connectivity index (χ4n) is 6.85. The van der Waals surface area contributed by atoms with E-state index in [1.54, 1.807) is 18.2 Å². The van der Waals surface area contributed by atoms with Gasteiger partial charge in [0.25, 0.3) is 0 Å². The molecular weight excluding hydrogens is 536 g/mol. The standard InChI is InChI=1S/C34H33F6N/c1-2-3-19-4-7-22(28(35)17-19)8-5-20-6-14-26-27(16-20)33(39)34(40)29(31(26)37)23-11-9-21(10-12-23)25-15-13-24(18-41)30(36)32(25)38/h4,7,13,15,17,20-21,23H,2-3,5-6,8-12,14,16H2,1H3. The second-order valence-electron chi connectivity index (χ2n) is 11.6. The van der Waals surface area contributed by atoms with Crippen LogP contribution in [0.1, 0.15) is 103 Å². The number of fused-ring (bicyclic) bond motifs is 1. The van der Waals surface area contributed by atoms with Crippen molar-refractivity contribution in [2.45, 2.75) is 89.4 Å². The number of hydrogen-bond acceptors (Lipinski definition) is 1. The van der Waals surface area contributed by atoms with E-state index < -0.39 is 35.0 Å². The Kier molecular flexibility index (Phi) is 8.77. The third-order valence-corrected chi connectivity index (χ3v) is 9.14. The molecule has 7 heteroatoms. The van der Waals surface area contributed by atoms with E-state index in [1.165, 1.54) is 12.1 Å². The molecule has 41 heavy (non-hydrogen) atoms. The minimum absolute atomic E-state index is 0.00507. The van der Waals surface area contributed by atoms with Gasteiger partial charge < -0.3 is 0 Å². The number of nitrogens with zero attached hydrogens (tertiary/aromatic N) is 1. The minimum atomic E-state index is -1.19. The van der Waals surface area contributed by atoms with Crippen molar-refractivity contribution in [3.05, 3.63) is 104 Å². The fraction of sp³-hybridized carbons (Fsp3) is 0.441. The van der Waals surface area contributed by atoms with Crippen LogP contribution in [0.15, 0.2) is 30.3 Å². The van der Waals surface area contributed by atoms with Gasteiger partial charge in [-0.3, -0.25) is 0 Å². The average Bonchev–Trinajstić information content (AvgIpc) is 2.97. The van der Waals surface area contributed by atoms with Gasteiger partial charge in [-0.25, -0.2) is 26.3 Å². The first-order valence-electron chi connectivity index (χ1n) is 14.6. The first-order valence-corrected chi connectivity index (χ1v) is 14.6. The lowest BCUT2D eigenvalue weighted by Gasteiger charge is -2.32. The van der Waals surface area contributed by atoms with Gasteiger partial charge in [0.2, 0.25) is 0 Å². The maximum absolute atomic E-state index is 15.7. The van der Waals surface area contributed by atoms with Crippen LogP contribution < -0.4 is 0 Å². The Morgan fingerprint density at radius 1 is 0.756 bits per heavy atom. The van der Waals surface area contributed by atoms with Gasteiger partial charge in [-0.05, 0) is 122 Å². The molecule has 2 aliphatic rings. The van der Waals surface area contributed by atoms with E-state index in [1.807, 2.05) is 13.0 Å². The van der Waals surface area contributed by atoms with Gasteiger partial charge in [0, 0.05) is 5.56 Å². The Hall–Kier alpha value is -3.27. The van der Waals surface area contributed by atoms with Gasteiger partial charge in [0.05, 0.1) is 5.56 Å². The van der Waals surface area contributed by atoms with Crippen molar-refractivity contribution in [2.24, 2.45) is 5.92 Å². The highest BCUT2D eigenvalue weighted by atomic mass is 19.2. The SMILES string of the molecule is CCCc1ccc(CCC2CCc3c(F)c(C4CCC(c5ccc(C#N)c(F)c5F)CC4)c(F)c(F)c3C2)c(F)c1. The van der Waals surface area contributed by atoms with Crippen LogP contribution in [0.4, 0.5) is 26.3 Å². The van der Waals surface area contributed by atoms with Gasteiger partial charge in [0.1, 0.15) is 17.7 Å². The summed E-state index contributed by atoms with van der Waals surface area (Å²) in [6.45, 7) is 2.04. The normalized spacial score (nSPS) is 20.5. The van der Waals surface area contributed by atoms with E-state index in [-0.39, 0.29) is 51.9 Å². The molecule has 3 aromatic carbocycles. The molecule has 0 N–H and O–H groups in total. The number of nitriles is 1. The maximum Gasteiger partial charge on any atom is 0.176 e. The summed E-state index contributed by atoms with van der Waals surface area (Å²) in [5, 5.41) is 8.91. The molecule has 216 valence electrons. The summed E-state index contributed by atoms with van der Waals surface area (Å²) in [5.41, 5.74) is 1.41. The summed E-state index contributed by atoms with van der Waals surface area (Å²) in [6, 6.07) is 9.54. The highest BCUT2D eigenvalue weighted by Gasteiger charge is 2.35. The summed E-state index contributed by atoms with van der Waals surface area (Å²) in [7, 11) is 0. The Bertz CT molecular complexity index is 1480. The molecule has 0 aliphatic heterocycles. The van der Waals surface area contributed by atoms with Crippen molar-refractivity contribution in [1.82, 2.24) is 0 Å². The van der Waals surface area contributed by atoms with E-state index in [0.717, 1.165) is 18.4 Å². The number of rotatable bonds is 7. The molecule has 5 rings (SSSR count). The number of benzene rings is 3. The first kappa shape index (κ1) is 29.2. The minimum Gasteiger partial charge on any atom is -0.207 e.